The predicted octanol–water partition coefficient (Wildman–Crippen LogP) is 2.91. The van der Waals surface area contributed by atoms with Crippen molar-refractivity contribution in [3.05, 3.63) is 9.98 Å². The van der Waals surface area contributed by atoms with Gasteiger partial charge in [0.05, 0.1) is 9.98 Å². The van der Waals surface area contributed by atoms with E-state index in [0.29, 0.717) is 6.10 Å². The lowest BCUT2D eigenvalue weighted by Gasteiger charge is -2.35. The highest BCUT2D eigenvalue weighted by atomic mass is 79.9. The second kappa shape index (κ2) is 4.27. The van der Waals surface area contributed by atoms with Crippen molar-refractivity contribution in [3.8, 4) is 5.19 Å². The van der Waals surface area contributed by atoms with Crippen LogP contribution in [0.3, 0.4) is 0 Å². The molecule has 0 spiro atoms. The standard InChI is InChI=1S/C11H15BrN2OS/c1-14-7-2-3-8(14)5-9(4-7)15-11-13-6-10(12)16-11/h6-9H,2-5H2,1H3/t7-,8+,9?. The molecule has 0 aromatic carbocycles. The summed E-state index contributed by atoms with van der Waals surface area (Å²) in [5, 5.41) is 0.806. The summed E-state index contributed by atoms with van der Waals surface area (Å²) in [5.41, 5.74) is 0. The summed E-state index contributed by atoms with van der Waals surface area (Å²) in [6, 6.07) is 1.46. The van der Waals surface area contributed by atoms with Crippen LogP contribution in [0.5, 0.6) is 5.19 Å². The number of ether oxygens (including phenoxy) is 1. The van der Waals surface area contributed by atoms with E-state index in [4.69, 9.17) is 4.74 Å². The van der Waals surface area contributed by atoms with Crippen molar-refractivity contribution >= 4 is 27.3 Å². The quantitative estimate of drug-likeness (QED) is 0.840. The lowest BCUT2D eigenvalue weighted by Crippen LogP contribution is -2.43. The third-order valence-electron chi connectivity index (χ3n) is 3.78. The maximum Gasteiger partial charge on any atom is 0.274 e. The Hall–Kier alpha value is -0.130. The molecular formula is C11H15BrN2OS. The third kappa shape index (κ3) is 2.00. The molecule has 3 heterocycles. The summed E-state index contributed by atoms with van der Waals surface area (Å²) < 4.78 is 7.00. The Balaban J connectivity index is 1.65. The molecule has 2 saturated heterocycles. The molecule has 0 radical (unpaired) electrons. The van der Waals surface area contributed by atoms with Gasteiger partial charge in [-0.15, -0.1) is 0 Å². The molecule has 5 heteroatoms. The summed E-state index contributed by atoms with van der Waals surface area (Å²) in [6.45, 7) is 0. The first-order valence-corrected chi connectivity index (χ1v) is 7.33. The van der Waals surface area contributed by atoms with Gasteiger partial charge in [0.25, 0.3) is 5.19 Å². The Morgan fingerprint density at radius 3 is 2.69 bits per heavy atom. The maximum absolute atomic E-state index is 5.96. The van der Waals surface area contributed by atoms with Gasteiger partial charge in [-0.2, -0.15) is 0 Å². The fraction of sp³-hybridized carbons (Fsp3) is 0.727. The van der Waals surface area contributed by atoms with Crippen LogP contribution in [-0.2, 0) is 0 Å². The highest BCUT2D eigenvalue weighted by Gasteiger charge is 2.39. The number of fused-ring (bicyclic) bond motifs is 2. The first-order chi connectivity index (χ1) is 7.72. The molecular weight excluding hydrogens is 288 g/mol. The van der Waals surface area contributed by atoms with Crippen LogP contribution in [0, 0.1) is 0 Å². The zero-order chi connectivity index (χ0) is 11.1. The summed E-state index contributed by atoms with van der Waals surface area (Å²) in [5.74, 6) is 0. The fourth-order valence-electron chi connectivity index (χ4n) is 2.89. The van der Waals surface area contributed by atoms with E-state index in [1.165, 1.54) is 12.8 Å². The summed E-state index contributed by atoms with van der Waals surface area (Å²) in [6.07, 6.45) is 7.16. The molecule has 1 aromatic rings. The Kier molecular flexibility index (Phi) is 2.94. The molecule has 3 rings (SSSR count). The van der Waals surface area contributed by atoms with Crippen molar-refractivity contribution in [3.63, 3.8) is 0 Å². The van der Waals surface area contributed by atoms with Gasteiger partial charge >= 0.3 is 0 Å². The predicted molar refractivity (Wildman–Crippen MR) is 68.0 cm³/mol. The number of nitrogens with zero attached hydrogens (tertiary/aromatic N) is 2. The van der Waals surface area contributed by atoms with Crippen LogP contribution in [-0.4, -0.2) is 35.1 Å². The van der Waals surface area contributed by atoms with Crippen molar-refractivity contribution in [2.24, 2.45) is 0 Å². The van der Waals surface area contributed by atoms with Crippen molar-refractivity contribution in [2.75, 3.05) is 7.05 Å². The molecule has 3 atom stereocenters. The molecule has 0 amide bonds. The van der Waals surface area contributed by atoms with E-state index >= 15 is 0 Å². The topological polar surface area (TPSA) is 25.4 Å². The molecule has 0 saturated carbocycles. The zero-order valence-corrected chi connectivity index (χ0v) is 11.6. The van der Waals surface area contributed by atoms with Gasteiger partial charge in [-0.1, -0.05) is 11.3 Å². The number of thiazole rings is 1. The van der Waals surface area contributed by atoms with Crippen LogP contribution >= 0.6 is 27.3 Å². The number of piperidine rings is 1. The van der Waals surface area contributed by atoms with E-state index in [2.05, 4.69) is 32.9 Å². The third-order valence-corrected chi connectivity index (χ3v) is 5.15. The van der Waals surface area contributed by atoms with Crippen molar-refractivity contribution in [2.45, 2.75) is 43.9 Å². The molecule has 3 nitrogen and oxygen atoms in total. The first kappa shape index (κ1) is 11.0. The van der Waals surface area contributed by atoms with Gasteiger partial charge in [0.2, 0.25) is 0 Å². The van der Waals surface area contributed by atoms with Gasteiger partial charge in [-0.25, -0.2) is 4.98 Å². The minimum absolute atomic E-state index is 0.367. The Morgan fingerprint density at radius 2 is 2.12 bits per heavy atom. The van der Waals surface area contributed by atoms with Gasteiger partial charge in [-0.05, 0) is 48.7 Å². The molecule has 1 aromatic heterocycles. The van der Waals surface area contributed by atoms with Gasteiger partial charge in [0.15, 0.2) is 0 Å². The first-order valence-electron chi connectivity index (χ1n) is 5.72. The van der Waals surface area contributed by atoms with Crippen LogP contribution in [0.15, 0.2) is 9.98 Å². The van der Waals surface area contributed by atoms with E-state index in [-0.39, 0.29) is 0 Å². The maximum atomic E-state index is 5.96. The minimum Gasteiger partial charge on any atom is -0.467 e. The molecule has 0 aliphatic carbocycles. The number of hydrogen-bond acceptors (Lipinski definition) is 4. The monoisotopic (exact) mass is 302 g/mol. The van der Waals surface area contributed by atoms with Crippen molar-refractivity contribution in [1.82, 2.24) is 9.88 Å². The lowest BCUT2D eigenvalue weighted by molar-refractivity contribution is 0.0660. The van der Waals surface area contributed by atoms with Crippen molar-refractivity contribution < 1.29 is 4.74 Å². The van der Waals surface area contributed by atoms with Gasteiger partial charge in [0.1, 0.15) is 6.10 Å². The molecule has 16 heavy (non-hydrogen) atoms. The van der Waals surface area contributed by atoms with Crippen LogP contribution in [0.25, 0.3) is 0 Å². The highest BCUT2D eigenvalue weighted by molar-refractivity contribution is 9.11. The van der Waals surface area contributed by atoms with Gasteiger partial charge in [0, 0.05) is 12.1 Å². The number of halogens is 1. The number of hydrogen-bond donors (Lipinski definition) is 0. The number of rotatable bonds is 2. The largest absolute Gasteiger partial charge is 0.467 e. The van der Waals surface area contributed by atoms with Crippen LogP contribution in [0.2, 0.25) is 0 Å². The molecule has 2 aliphatic rings. The Bertz CT molecular complexity index is 370. The molecule has 2 aliphatic heterocycles. The van der Waals surface area contributed by atoms with Crippen LogP contribution < -0.4 is 4.74 Å². The van der Waals surface area contributed by atoms with Gasteiger partial charge < -0.3 is 9.64 Å². The highest BCUT2D eigenvalue weighted by Crippen LogP contribution is 2.36. The summed E-state index contributed by atoms with van der Waals surface area (Å²) in [4.78, 5) is 6.76. The summed E-state index contributed by atoms with van der Waals surface area (Å²) in [7, 11) is 2.25. The lowest BCUT2D eigenvalue weighted by atomic mass is 10.0. The Morgan fingerprint density at radius 1 is 1.44 bits per heavy atom. The van der Waals surface area contributed by atoms with E-state index < -0.39 is 0 Å². The zero-order valence-electron chi connectivity index (χ0n) is 9.23. The smallest absolute Gasteiger partial charge is 0.274 e. The molecule has 1 unspecified atom stereocenters. The van der Waals surface area contributed by atoms with Gasteiger partial charge in [-0.3, -0.25) is 0 Å². The van der Waals surface area contributed by atoms with E-state index in [0.717, 1.165) is 33.9 Å². The normalized spacial score (nSPS) is 34.2. The fourth-order valence-corrected chi connectivity index (χ4v) is 3.97. The number of aromatic nitrogens is 1. The minimum atomic E-state index is 0.367. The summed E-state index contributed by atoms with van der Waals surface area (Å²) >= 11 is 4.99. The second-order valence-electron chi connectivity index (χ2n) is 4.69. The molecule has 2 fully saturated rings. The molecule has 88 valence electrons. The second-order valence-corrected chi connectivity index (χ2v) is 7.06. The van der Waals surface area contributed by atoms with E-state index in [1.807, 2.05) is 6.20 Å². The Labute approximate surface area is 108 Å². The van der Waals surface area contributed by atoms with Crippen molar-refractivity contribution in [1.29, 1.82) is 0 Å². The van der Waals surface area contributed by atoms with E-state index in [1.54, 1.807) is 11.3 Å². The molecule has 0 N–H and O–H groups in total. The van der Waals surface area contributed by atoms with E-state index in [9.17, 15) is 0 Å². The average Bonchev–Trinajstić information content (AvgIpc) is 2.72. The van der Waals surface area contributed by atoms with Crippen LogP contribution in [0.4, 0.5) is 0 Å². The molecule has 2 bridgehead atoms. The SMILES string of the molecule is CN1[C@@H]2CC[C@H]1CC(Oc1ncc(Br)s1)C2. The van der Waals surface area contributed by atoms with Crippen LogP contribution in [0.1, 0.15) is 25.7 Å². The average molecular weight is 303 g/mol.